The summed E-state index contributed by atoms with van der Waals surface area (Å²) in [5.74, 6) is 0. The first-order valence-electron chi connectivity index (χ1n) is 5.05. The zero-order chi connectivity index (χ0) is 11.3. The molecule has 0 spiro atoms. The van der Waals surface area contributed by atoms with E-state index in [1.165, 1.54) is 0 Å². The van der Waals surface area contributed by atoms with Crippen LogP contribution < -0.4 is 5.73 Å². The summed E-state index contributed by atoms with van der Waals surface area (Å²) in [4.78, 5) is 0. The summed E-state index contributed by atoms with van der Waals surface area (Å²) in [7, 11) is 0. The zero-order valence-corrected chi connectivity index (χ0v) is 10.0. The van der Waals surface area contributed by atoms with Crippen molar-refractivity contribution in [2.75, 3.05) is 5.73 Å². The largest absolute Gasteiger partial charge is 0.398 e. The van der Waals surface area contributed by atoms with E-state index in [0.717, 1.165) is 26.7 Å². The molecule has 0 heterocycles. The van der Waals surface area contributed by atoms with Crippen LogP contribution in [0.3, 0.4) is 0 Å². The van der Waals surface area contributed by atoms with E-state index in [-0.39, 0.29) is 0 Å². The van der Waals surface area contributed by atoms with Crippen LogP contribution in [0.1, 0.15) is 17.2 Å². The van der Waals surface area contributed by atoms with Gasteiger partial charge >= 0.3 is 0 Å². The highest BCUT2D eigenvalue weighted by Gasteiger charge is 2.27. The standard InChI is InChI=1S/C13H10BrNO/c14-11-5-9-7-3-1-2-4-8(7)13(16)10(9)6-12(11)15/h1-6,13,16H,15H2/t13-/m0/s1. The molecule has 0 bridgehead atoms. The number of nitrogen functional groups attached to an aromatic ring is 1. The van der Waals surface area contributed by atoms with Crippen LogP contribution >= 0.6 is 15.9 Å². The molecule has 1 aliphatic rings. The van der Waals surface area contributed by atoms with Crippen molar-refractivity contribution >= 4 is 21.6 Å². The lowest BCUT2D eigenvalue weighted by Gasteiger charge is -2.07. The molecule has 80 valence electrons. The van der Waals surface area contributed by atoms with E-state index < -0.39 is 6.10 Å². The Kier molecular flexibility index (Phi) is 2.06. The van der Waals surface area contributed by atoms with E-state index in [9.17, 15) is 5.11 Å². The summed E-state index contributed by atoms with van der Waals surface area (Å²) < 4.78 is 0.871. The zero-order valence-electron chi connectivity index (χ0n) is 8.44. The molecule has 0 fully saturated rings. The van der Waals surface area contributed by atoms with Gasteiger partial charge in [0.25, 0.3) is 0 Å². The average molecular weight is 276 g/mol. The fraction of sp³-hybridized carbons (Fsp3) is 0.0769. The number of benzene rings is 2. The molecule has 0 aliphatic heterocycles. The van der Waals surface area contributed by atoms with Gasteiger partial charge in [-0.25, -0.2) is 0 Å². The number of hydrogen-bond acceptors (Lipinski definition) is 2. The minimum atomic E-state index is -0.554. The molecule has 16 heavy (non-hydrogen) atoms. The van der Waals surface area contributed by atoms with Crippen molar-refractivity contribution in [3.63, 3.8) is 0 Å². The fourth-order valence-electron chi connectivity index (χ4n) is 2.22. The third-order valence-corrected chi connectivity index (χ3v) is 3.70. The number of aliphatic hydroxyl groups excluding tert-OH is 1. The molecule has 0 saturated carbocycles. The summed E-state index contributed by atoms with van der Waals surface area (Å²) in [5, 5.41) is 10.2. The van der Waals surface area contributed by atoms with Crippen LogP contribution in [0, 0.1) is 0 Å². The Hall–Kier alpha value is -1.32. The van der Waals surface area contributed by atoms with Gasteiger partial charge in [-0.05, 0) is 50.3 Å². The van der Waals surface area contributed by atoms with Gasteiger partial charge in [0.2, 0.25) is 0 Å². The highest BCUT2D eigenvalue weighted by molar-refractivity contribution is 9.10. The molecule has 3 N–H and O–H groups in total. The fourth-order valence-corrected chi connectivity index (χ4v) is 2.56. The number of hydrogen-bond donors (Lipinski definition) is 2. The number of halogens is 1. The van der Waals surface area contributed by atoms with Crippen LogP contribution in [0.5, 0.6) is 0 Å². The molecule has 0 aromatic heterocycles. The first kappa shape index (κ1) is 9.87. The van der Waals surface area contributed by atoms with Crippen molar-refractivity contribution in [3.05, 3.63) is 52.0 Å². The van der Waals surface area contributed by atoms with Crippen LogP contribution in [0.25, 0.3) is 11.1 Å². The molecule has 0 amide bonds. The van der Waals surface area contributed by atoms with Gasteiger partial charge < -0.3 is 10.8 Å². The summed E-state index contributed by atoms with van der Waals surface area (Å²) in [6, 6.07) is 11.7. The Morgan fingerprint density at radius 3 is 2.62 bits per heavy atom. The molecule has 1 aliphatic carbocycles. The van der Waals surface area contributed by atoms with Crippen LogP contribution in [0.2, 0.25) is 0 Å². The van der Waals surface area contributed by atoms with E-state index in [2.05, 4.69) is 15.9 Å². The van der Waals surface area contributed by atoms with Gasteiger partial charge in [0.05, 0.1) is 0 Å². The Balaban J connectivity index is 2.34. The second-order valence-corrected chi connectivity index (χ2v) is 4.81. The Bertz CT molecular complexity index is 580. The van der Waals surface area contributed by atoms with Crippen LogP contribution in [-0.2, 0) is 0 Å². The third kappa shape index (κ3) is 1.22. The van der Waals surface area contributed by atoms with Gasteiger partial charge in [-0.15, -0.1) is 0 Å². The number of nitrogens with two attached hydrogens (primary N) is 1. The number of aliphatic hydroxyl groups is 1. The maximum Gasteiger partial charge on any atom is 0.105 e. The maximum atomic E-state index is 10.2. The quantitative estimate of drug-likeness (QED) is 0.726. The summed E-state index contributed by atoms with van der Waals surface area (Å²) in [6.07, 6.45) is -0.554. The molecule has 3 heteroatoms. The van der Waals surface area contributed by atoms with Crippen molar-refractivity contribution in [2.45, 2.75) is 6.10 Å². The monoisotopic (exact) mass is 275 g/mol. The SMILES string of the molecule is Nc1cc2c(cc1Br)-c1ccccc1[C@@H]2O. The predicted octanol–water partition coefficient (Wildman–Crippen LogP) is 3.09. The van der Waals surface area contributed by atoms with E-state index >= 15 is 0 Å². The van der Waals surface area contributed by atoms with Crippen molar-refractivity contribution in [1.29, 1.82) is 0 Å². The van der Waals surface area contributed by atoms with Crippen LogP contribution in [0.15, 0.2) is 40.9 Å². The smallest absolute Gasteiger partial charge is 0.105 e. The topological polar surface area (TPSA) is 46.2 Å². The first-order chi connectivity index (χ1) is 7.68. The average Bonchev–Trinajstić information content (AvgIpc) is 2.55. The van der Waals surface area contributed by atoms with E-state index in [1.807, 2.05) is 36.4 Å². The Morgan fingerprint density at radius 2 is 1.81 bits per heavy atom. The summed E-state index contributed by atoms with van der Waals surface area (Å²) >= 11 is 3.41. The molecular formula is C13H10BrNO. The van der Waals surface area contributed by atoms with Gasteiger partial charge in [0, 0.05) is 10.2 Å². The molecule has 0 unspecified atom stereocenters. The summed E-state index contributed by atoms with van der Waals surface area (Å²) in [6.45, 7) is 0. The number of rotatable bonds is 0. The highest BCUT2D eigenvalue weighted by Crippen LogP contribution is 2.45. The Labute approximate surface area is 102 Å². The van der Waals surface area contributed by atoms with Crippen LogP contribution in [-0.4, -0.2) is 5.11 Å². The van der Waals surface area contributed by atoms with Gasteiger partial charge in [-0.2, -0.15) is 0 Å². The molecule has 3 rings (SSSR count). The molecule has 0 saturated heterocycles. The second-order valence-electron chi connectivity index (χ2n) is 3.95. The lowest BCUT2D eigenvalue weighted by molar-refractivity contribution is 0.225. The molecular weight excluding hydrogens is 266 g/mol. The van der Waals surface area contributed by atoms with Gasteiger partial charge in [0.1, 0.15) is 6.10 Å². The normalized spacial score (nSPS) is 17.0. The highest BCUT2D eigenvalue weighted by atomic mass is 79.9. The van der Waals surface area contributed by atoms with Crippen molar-refractivity contribution < 1.29 is 5.11 Å². The molecule has 2 nitrogen and oxygen atoms in total. The second kappa shape index (κ2) is 3.34. The predicted molar refractivity (Wildman–Crippen MR) is 68.1 cm³/mol. The lowest BCUT2D eigenvalue weighted by Crippen LogP contribution is -1.95. The molecule has 0 radical (unpaired) electrons. The van der Waals surface area contributed by atoms with Crippen molar-refractivity contribution in [3.8, 4) is 11.1 Å². The third-order valence-electron chi connectivity index (χ3n) is 3.01. The molecule has 2 aromatic rings. The van der Waals surface area contributed by atoms with Crippen molar-refractivity contribution in [1.82, 2.24) is 0 Å². The number of anilines is 1. The number of fused-ring (bicyclic) bond motifs is 3. The van der Waals surface area contributed by atoms with Crippen molar-refractivity contribution in [2.24, 2.45) is 0 Å². The van der Waals surface area contributed by atoms with E-state index in [1.54, 1.807) is 0 Å². The minimum Gasteiger partial charge on any atom is -0.398 e. The Morgan fingerprint density at radius 1 is 1.06 bits per heavy atom. The van der Waals surface area contributed by atoms with Crippen LogP contribution in [0.4, 0.5) is 5.69 Å². The van der Waals surface area contributed by atoms with E-state index in [0.29, 0.717) is 5.69 Å². The minimum absolute atomic E-state index is 0.554. The van der Waals surface area contributed by atoms with E-state index in [4.69, 9.17) is 5.73 Å². The maximum absolute atomic E-state index is 10.2. The van der Waals surface area contributed by atoms with Gasteiger partial charge in [-0.3, -0.25) is 0 Å². The van der Waals surface area contributed by atoms with Gasteiger partial charge in [0.15, 0.2) is 0 Å². The lowest BCUT2D eigenvalue weighted by atomic mass is 10.1. The molecule has 1 atom stereocenters. The first-order valence-corrected chi connectivity index (χ1v) is 5.84. The molecule has 2 aromatic carbocycles. The summed E-state index contributed by atoms with van der Waals surface area (Å²) in [5.41, 5.74) is 10.5. The van der Waals surface area contributed by atoms with Gasteiger partial charge in [-0.1, -0.05) is 24.3 Å².